The van der Waals surface area contributed by atoms with Gasteiger partial charge in [-0.2, -0.15) is 0 Å². The number of fused-ring (bicyclic) bond motifs is 2. The van der Waals surface area contributed by atoms with Crippen LogP contribution in [0.15, 0.2) is 66.7 Å². The molecule has 1 fully saturated rings. The molecule has 1 aliphatic carbocycles. The maximum absolute atomic E-state index is 6.29. The lowest BCUT2D eigenvalue weighted by Crippen LogP contribution is -2.00. The summed E-state index contributed by atoms with van der Waals surface area (Å²) in [6.45, 7) is 3.56. The highest BCUT2D eigenvalue weighted by Crippen LogP contribution is 2.43. The highest BCUT2D eigenvalue weighted by molar-refractivity contribution is 7.99. The molecule has 0 bridgehead atoms. The van der Waals surface area contributed by atoms with Crippen LogP contribution in [0.4, 0.5) is 5.69 Å². The number of hydrogen-bond acceptors (Lipinski definition) is 4. The van der Waals surface area contributed by atoms with Crippen molar-refractivity contribution >= 4 is 28.8 Å². The van der Waals surface area contributed by atoms with E-state index in [-0.39, 0.29) is 0 Å². The number of rotatable bonds is 6. The summed E-state index contributed by atoms with van der Waals surface area (Å²) in [6.07, 6.45) is 4.61. The van der Waals surface area contributed by atoms with Crippen LogP contribution in [0.5, 0.6) is 11.5 Å². The second-order valence-electron chi connectivity index (χ2n) is 8.25. The normalized spacial score (nSPS) is 16.5. The van der Waals surface area contributed by atoms with Gasteiger partial charge in [0.2, 0.25) is 0 Å². The lowest BCUT2D eigenvalue weighted by molar-refractivity contribution is 0.287. The van der Waals surface area contributed by atoms with Gasteiger partial charge in [0.15, 0.2) is 0 Å². The molecule has 0 amide bonds. The molecule has 1 saturated carbocycles. The van der Waals surface area contributed by atoms with E-state index in [1.807, 2.05) is 6.26 Å². The third kappa shape index (κ3) is 4.31. The van der Waals surface area contributed by atoms with Crippen molar-refractivity contribution in [3.63, 3.8) is 0 Å². The smallest absolute Gasteiger partial charge is 0.131 e. The SMILES string of the molecule is CSNc1cccc(/C(C)=C2\c3ccccc3COc3cc(OCC4CC4)ccc32)c1. The van der Waals surface area contributed by atoms with E-state index in [9.17, 15) is 0 Å². The first-order valence-electron chi connectivity index (χ1n) is 10.8. The van der Waals surface area contributed by atoms with Crippen molar-refractivity contribution in [2.45, 2.75) is 26.4 Å². The molecule has 4 heteroatoms. The molecule has 0 spiro atoms. The van der Waals surface area contributed by atoms with Crippen LogP contribution in [-0.4, -0.2) is 12.9 Å². The van der Waals surface area contributed by atoms with E-state index in [2.05, 4.69) is 78.4 Å². The molecule has 31 heavy (non-hydrogen) atoms. The summed E-state index contributed by atoms with van der Waals surface area (Å²) in [5.41, 5.74) is 8.30. The van der Waals surface area contributed by atoms with Crippen LogP contribution in [0.1, 0.15) is 42.0 Å². The molecule has 158 valence electrons. The summed E-state index contributed by atoms with van der Waals surface area (Å²) in [5, 5.41) is 0. The molecular weight excluding hydrogens is 402 g/mol. The third-order valence-corrected chi connectivity index (χ3v) is 6.41. The second-order valence-corrected chi connectivity index (χ2v) is 8.86. The minimum absolute atomic E-state index is 0.556. The topological polar surface area (TPSA) is 30.5 Å². The fourth-order valence-electron chi connectivity index (χ4n) is 4.09. The van der Waals surface area contributed by atoms with Gasteiger partial charge in [-0.15, -0.1) is 0 Å². The first-order chi connectivity index (χ1) is 15.2. The van der Waals surface area contributed by atoms with Gasteiger partial charge < -0.3 is 14.2 Å². The summed E-state index contributed by atoms with van der Waals surface area (Å²) < 4.78 is 15.7. The van der Waals surface area contributed by atoms with E-state index < -0.39 is 0 Å². The van der Waals surface area contributed by atoms with Crippen molar-refractivity contribution in [1.82, 2.24) is 0 Å². The van der Waals surface area contributed by atoms with E-state index in [1.54, 1.807) is 11.9 Å². The van der Waals surface area contributed by atoms with Crippen molar-refractivity contribution in [2.75, 3.05) is 17.6 Å². The molecule has 3 aromatic carbocycles. The quantitative estimate of drug-likeness (QED) is 0.426. The second kappa shape index (κ2) is 8.72. The van der Waals surface area contributed by atoms with Crippen LogP contribution in [0.3, 0.4) is 0 Å². The van der Waals surface area contributed by atoms with Crippen LogP contribution in [-0.2, 0) is 6.61 Å². The Balaban J connectivity index is 1.62. The number of ether oxygens (including phenoxy) is 2. The Kier molecular flexibility index (Phi) is 5.65. The van der Waals surface area contributed by atoms with Crippen molar-refractivity contribution in [3.8, 4) is 11.5 Å². The van der Waals surface area contributed by atoms with Gasteiger partial charge in [-0.05, 0) is 77.8 Å². The number of hydrogen-bond donors (Lipinski definition) is 1. The molecule has 0 aromatic heterocycles. The Morgan fingerprint density at radius 3 is 2.74 bits per heavy atom. The van der Waals surface area contributed by atoms with Crippen molar-refractivity contribution < 1.29 is 9.47 Å². The summed E-state index contributed by atoms with van der Waals surface area (Å²) in [5.74, 6) is 2.50. The Morgan fingerprint density at radius 1 is 1.03 bits per heavy atom. The molecular formula is C27H27NO2S. The minimum Gasteiger partial charge on any atom is -0.493 e. The zero-order valence-electron chi connectivity index (χ0n) is 18.0. The Labute approximate surface area is 188 Å². The number of allylic oxidation sites excluding steroid dienone is 1. The van der Waals surface area contributed by atoms with Crippen LogP contribution < -0.4 is 14.2 Å². The van der Waals surface area contributed by atoms with Gasteiger partial charge in [0, 0.05) is 23.6 Å². The monoisotopic (exact) mass is 429 g/mol. The van der Waals surface area contributed by atoms with Gasteiger partial charge in [-0.25, -0.2) is 0 Å². The third-order valence-electron chi connectivity index (χ3n) is 5.97. The lowest BCUT2D eigenvalue weighted by atomic mass is 9.88. The zero-order chi connectivity index (χ0) is 21.2. The number of benzene rings is 3. The summed E-state index contributed by atoms with van der Waals surface area (Å²) in [4.78, 5) is 0. The molecule has 1 N–H and O–H groups in total. The molecule has 3 aromatic rings. The minimum atomic E-state index is 0.556. The largest absolute Gasteiger partial charge is 0.493 e. The highest BCUT2D eigenvalue weighted by Gasteiger charge is 2.24. The summed E-state index contributed by atoms with van der Waals surface area (Å²) in [7, 11) is 0. The first-order valence-corrected chi connectivity index (χ1v) is 12.0. The standard InChI is InChI=1S/C27H27NO2S/c1-18(20-7-5-8-22(14-20)28-31-2)27-24-9-4-3-6-21(24)17-30-26-15-23(12-13-25(26)27)29-16-19-10-11-19/h3-9,12-15,19,28H,10-11,16-17H2,1-2H3/b27-18+. The van der Waals surface area contributed by atoms with Crippen molar-refractivity contribution in [2.24, 2.45) is 5.92 Å². The van der Waals surface area contributed by atoms with Crippen LogP contribution in [0.2, 0.25) is 0 Å². The van der Waals surface area contributed by atoms with E-state index in [0.29, 0.717) is 6.61 Å². The molecule has 1 aliphatic heterocycles. The Hall–Kier alpha value is -2.85. The maximum atomic E-state index is 6.29. The number of nitrogens with one attached hydrogen (secondary N) is 1. The Morgan fingerprint density at radius 2 is 1.90 bits per heavy atom. The molecule has 2 aliphatic rings. The summed E-state index contributed by atoms with van der Waals surface area (Å²) in [6, 6.07) is 23.4. The van der Waals surface area contributed by atoms with Gasteiger partial charge in [0.05, 0.1) is 6.61 Å². The average Bonchev–Trinajstić information content (AvgIpc) is 3.64. The molecule has 3 nitrogen and oxygen atoms in total. The average molecular weight is 430 g/mol. The van der Waals surface area contributed by atoms with E-state index in [1.165, 1.54) is 40.7 Å². The van der Waals surface area contributed by atoms with Crippen LogP contribution in [0.25, 0.3) is 11.1 Å². The molecule has 0 unspecified atom stereocenters. The fraction of sp³-hybridized carbons (Fsp3) is 0.259. The van der Waals surface area contributed by atoms with Crippen LogP contribution >= 0.6 is 11.9 Å². The van der Waals surface area contributed by atoms with Gasteiger partial charge >= 0.3 is 0 Å². The Bertz CT molecular complexity index is 1130. The van der Waals surface area contributed by atoms with Gasteiger partial charge in [0.25, 0.3) is 0 Å². The lowest BCUT2D eigenvalue weighted by Gasteiger charge is -2.17. The van der Waals surface area contributed by atoms with Crippen LogP contribution in [0, 0.1) is 5.92 Å². The summed E-state index contributed by atoms with van der Waals surface area (Å²) >= 11 is 1.60. The first kappa shape index (κ1) is 20.1. The van der Waals surface area contributed by atoms with E-state index >= 15 is 0 Å². The molecule has 0 radical (unpaired) electrons. The predicted molar refractivity (Wildman–Crippen MR) is 131 cm³/mol. The molecule has 1 heterocycles. The molecule has 0 saturated heterocycles. The van der Waals surface area contributed by atoms with E-state index in [0.717, 1.165) is 35.3 Å². The molecule has 0 atom stereocenters. The van der Waals surface area contributed by atoms with Crippen molar-refractivity contribution in [3.05, 3.63) is 89.0 Å². The van der Waals surface area contributed by atoms with E-state index in [4.69, 9.17) is 9.47 Å². The predicted octanol–water partition coefficient (Wildman–Crippen LogP) is 7.04. The number of anilines is 1. The highest BCUT2D eigenvalue weighted by atomic mass is 32.2. The van der Waals surface area contributed by atoms with Gasteiger partial charge in [0.1, 0.15) is 18.1 Å². The molecule has 5 rings (SSSR count). The fourth-order valence-corrected chi connectivity index (χ4v) is 4.45. The zero-order valence-corrected chi connectivity index (χ0v) is 18.8. The van der Waals surface area contributed by atoms with Crippen molar-refractivity contribution in [1.29, 1.82) is 0 Å². The van der Waals surface area contributed by atoms with Gasteiger partial charge in [-0.1, -0.05) is 48.3 Å². The maximum Gasteiger partial charge on any atom is 0.131 e. The van der Waals surface area contributed by atoms with Gasteiger partial charge in [-0.3, -0.25) is 0 Å².